The van der Waals surface area contributed by atoms with Crippen molar-refractivity contribution in [1.29, 1.82) is 0 Å². The molecule has 4 aromatic heterocycles. The van der Waals surface area contributed by atoms with E-state index in [-0.39, 0.29) is 0 Å². The summed E-state index contributed by atoms with van der Waals surface area (Å²) >= 11 is 5.61. The summed E-state index contributed by atoms with van der Waals surface area (Å²) in [6, 6.07) is 11.9. The maximum absolute atomic E-state index is 5.43. The van der Waals surface area contributed by atoms with Gasteiger partial charge in [-0.15, -0.1) is 22.7 Å². The first-order chi connectivity index (χ1) is 17.7. The molecule has 8 nitrogen and oxygen atoms in total. The van der Waals surface area contributed by atoms with E-state index in [2.05, 4.69) is 17.5 Å². The van der Waals surface area contributed by atoms with Crippen LogP contribution in [-0.4, -0.2) is 45.9 Å². The summed E-state index contributed by atoms with van der Waals surface area (Å²) < 4.78 is 38.6. The number of nitrogens with zero attached hydrogens (tertiary/aromatic N) is 4. The van der Waals surface area contributed by atoms with Gasteiger partial charge in [-0.2, -0.15) is 17.5 Å². The zero-order valence-corrected chi connectivity index (χ0v) is 22.9. The highest BCUT2D eigenvalue weighted by molar-refractivity contribution is 7.14. The number of methoxy groups -OCH3 is 4. The molecule has 0 aliphatic carbocycles. The van der Waals surface area contributed by atoms with Gasteiger partial charge in [0.05, 0.1) is 61.6 Å². The fourth-order valence-electron chi connectivity index (χ4n) is 3.68. The van der Waals surface area contributed by atoms with Crippen LogP contribution in [0.1, 0.15) is 0 Å². The average molecular weight is 557 g/mol. The van der Waals surface area contributed by atoms with E-state index >= 15 is 0 Å². The van der Waals surface area contributed by atoms with Crippen LogP contribution in [0.2, 0.25) is 0 Å². The Morgan fingerprint density at radius 3 is 1.39 bits per heavy atom. The van der Waals surface area contributed by atoms with Crippen molar-refractivity contribution in [2.45, 2.75) is 0 Å². The number of fused-ring (bicyclic) bond motifs is 2. The largest absolute Gasteiger partial charge is 0.492 e. The van der Waals surface area contributed by atoms with Crippen molar-refractivity contribution < 1.29 is 18.9 Å². The summed E-state index contributed by atoms with van der Waals surface area (Å²) in [5.41, 5.74) is 5.70. The fourth-order valence-corrected chi connectivity index (χ4v) is 6.80. The smallest absolute Gasteiger partial charge is 0.179 e. The monoisotopic (exact) mass is 556 g/mol. The molecule has 0 saturated heterocycles. The third kappa shape index (κ3) is 4.37. The van der Waals surface area contributed by atoms with E-state index in [1.807, 2.05) is 47.2 Å². The second-order valence-electron chi connectivity index (χ2n) is 7.21. The van der Waals surface area contributed by atoms with Crippen molar-refractivity contribution in [1.82, 2.24) is 17.5 Å². The first-order valence-electron chi connectivity index (χ1n) is 10.5. The van der Waals surface area contributed by atoms with Crippen LogP contribution in [-0.2, 0) is 0 Å². The number of ether oxygens (including phenoxy) is 4. The van der Waals surface area contributed by atoms with Crippen LogP contribution in [0, 0.1) is 0 Å². The highest BCUT2D eigenvalue weighted by Gasteiger charge is 2.19. The standard InChI is InChI=1S/2C12H10N2O2S2/c2*1-15-9-6-17-12(11(9)16-2)7-4-3-5-8-10(7)14-18-13-8/h2*3-6H,1-2H3. The number of aromatic nitrogens is 4. The fraction of sp³-hybridized carbons (Fsp3) is 0.167. The Bertz CT molecular complexity index is 1500. The highest BCUT2D eigenvalue weighted by atomic mass is 32.1. The molecule has 4 heterocycles. The number of rotatable bonds is 6. The number of thiophene rings is 2. The molecule has 0 aliphatic heterocycles. The molecule has 184 valence electrons. The molecule has 36 heavy (non-hydrogen) atoms. The van der Waals surface area contributed by atoms with Crippen LogP contribution in [0.5, 0.6) is 23.0 Å². The highest BCUT2D eigenvalue weighted by Crippen LogP contribution is 2.46. The maximum Gasteiger partial charge on any atom is 0.179 e. The van der Waals surface area contributed by atoms with Gasteiger partial charge < -0.3 is 18.9 Å². The molecular weight excluding hydrogens is 537 g/mol. The summed E-state index contributed by atoms with van der Waals surface area (Å²) in [4.78, 5) is 2.04. The van der Waals surface area contributed by atoms with Crippen molar-refractivity contribution in [3.63, 3.8) is 0 Å². The molecule has 6 aromatic rings. The Hall–Kier alpha value is -3.32. The van der Waals surface area contributed by atoms with Crippen LogP contribution in [0.4, 0.5) is 0 Å². The van der Waals surface area contributed by atoms with Crippen LogP contribution in [0.3, 0.4) is 0 Å². The van der Waals surface area contributed by atoms with Gasteiger partial charge in [-0.05, 0) is 12.1 Å². The van der Waals surface area contributed by atoms with Crippen molar-refractivity contribution in [2.24, 2.45) is 0 Å². The predicted octanol–water partition coefficient (Wildman–Crippen LogP) is 6.87. The average Bonchev–Trinajstić information content (AvgIpc) is 3.72. The van der Waals surface area contributed by atoms with Crippen molar-refractivity contribution in [2.75, 3.05) is 28.4 Å². The summed E-state index contributed by atoms with van der Waals surface area (Å²) in [7, 11) is 6.57. The van der Waals surface area contributed by atoms with Gasteiger partial charge in [-0.25, -0.2) is 0 Å². The third-order valence-corrected chi connectivity index (χ3v) is 8.37. The van der Waals surface area contributed by atoms with Crippen LogP contribution >= 0.6 is 46.1 Å². The molecule has 0 bridgehead atoms. The molecule has 0 amide bonds. The first kappa shape index (κ1) is 24.4. The van der Waals surface area contributed by atoms with Crippen LogP contribution in [0.25, 0.3) is 42.9 Å². The van der Waals surface area contributed by atoms with E-state index in [0.29, 0.717) is 0 Å². The minimum absolute atomic E-state index is 0.748. The van der Waals surface area contributed by atoms with Gasteiger partial charge >= 0.3 is 0 Å². The summed E-state index contributed by atoms with van der Waals surface area (Å²) in [5.74, 6) is 3.00. The lowest BCUT2D eigenvalue weighted by Gasteiger charge is -2.05. The molecule has 0 N–H and O–H groups in total. The third-order valence-electron chi connectivity index (χ3n) is 5.34. The Kier molecular flexibility index (Phi) is 7.28. The van der Waals surface area contributed by atoms with Crippen molar-refractivity contribution in [3.8, 4) is 43.9 Å². The molecule has 0 aliphatic rings. The normalized spacial score (nSPS) is 10.8. The minimum Gasteiger partial charge on any atom is -0.492 e. The van der Waals surface area contributed by atoms with Gasteiger partial charge in [0.25, 0.3) is 0 Å². The Balaban J connectivity index is 0.000000148. The molecule has 2 aromatic carbocycles. The molecule has 0 atom stereocenters. The maximum atomic E-state index is 5.43. The van der Waals surface area contributed by atoms with Gasteiger partial charge in [-0.1, -0.05) is 24.3 Å². The quantitative estimate of drug-likeness (QED) is 0.219. The molecule has 0 spiro atoms. The van der Waals surface area contributed by atoms with E-state index in [1.165, 1.54) is 23.5 Å². The molecule has 0 radical (unpaired) electrons. The van der Waals surface area contributed by atoms with Crippen LogP contribution in [0.15, 0.2) is 47.2 Å². The van der Waals surface area contributed by atoms with Crippen molar-refractivity contribution >= 4 is 68.2 Å². The lowest BCUT2D eigenvalue weighted by Crippen LogP contribution is -1.88. The Morgan fingerprint density at radius 1 is 0.556 bits per heavy atom. The molecule has 0 fully saturated rings. The number of benzene rings is 2. The molecule has 6 rings (SSSR count). The second kappa shape index (κ2) is 10.7. The van der Waals surface area contributed by atoms with Gasteiger partial charge in [0.1, 0.15) is 22.1 Å². The lowest BCUT2D eigenvalue weighted by molar-refractivity contribution is 0.359. The van der Waals surface area contributed by atoms with E-state index in [0.717, 1.165) is 65.9 Å². The summed E-state index contributed by atoms with van der Waals surface area (Å²) in [6.45, 7) is 0. The SMILES string of the molecule is COc1csc(-c2cccc3nsnc23)c1OC.COc1csc(-c2cccc3nsnc23)c1OC. The van der Waals surface area contributed by atoms with E-state index < -0.39 is 0 Å². The van der Waals surface area contributed by atoms with Crippen LogP contribution < -0.4 is 18.9 Å². The zero-order valence-electron chi connectivity index (χ0n) is 19.7. The van der Waals surface area contributed by atoms with E-state index in [9.17, 15) is 0 Å². The summed E-state index contributed by atoms with van der Waals surface area (Å²) in [5, 5.41) is 3.87. The number of hydrogen-bond donors (Lipinski definition) is 0. The van der Waals surface area contributed by atoms with Gasteiger partial charge in [0, 0.05) is 21.9 Å². The molecule has 12 heteroatoms. The lowest BCUT2D eigenvalue weighted by atomic mass is 10.1. The van der Waals surface area contributed by atoms with E-state index in [1.54, 1.807) is 51.1 Å². The van der Waals surface area contributed by atoms with Crippen molar-refractivity contribution in [3.05, 3.63) is 47.2 Å². The van der Waals surface area contributed by atoms with Gasteiger partial charge in [0.2, 0.25) is 0 Å². The molecule has 0 saturated carbocycles. The molecule has 0 unspecified atom stereocenters. The van der Waals surface area contributed by atoms with Gasteiger partial charge in [-0.3, -0.25) is 0 Å². The first-order valence-corrected chi connectivity index (χ1v) is 13.7. The zero-order chi connectivity index (χ0) is 25.1. The second-order valence-corrected chi connectivity index (χ2v) is 10.0. The molecular formula is C24H20N4O4S4. The minimum atomic E-state index is 0.748. The predicted molar refractivity (Wildman–Crippen MR) is 148 cm³/mol. The Labute approximate surface area is 223 Å². The van der Waals surface area contributed by atoms with Gasteiger partial charge in [0.15, 0.2) is 23.0 Å². The number of hydrogen-bond acceptors (Lipinski definition) is 12. The summed E-state index contributed by atoms with van der Waals surface area (Å²) in [6.07, 6.45) is 0. The Morgan fingerprint density at radius 2 is 1.00 bits per heavy atom. The van der Waals surface area contributed by atoms with E-state index in [4.69, 9.17) is 18.9 Å². The topological polar surface area (TPSA) is 88.5 Å².